The molecule has 0 atom stereocenters. The Labute approximate surface area is 95.3 Å². The first kappa shape index (κ1) is 10.3. The van der Waals surface area contributed by atoms with Crippen LogP contribution in [0.25, 0.3) is 11.3 Å². The monoisotopic (exact) mass is 219 g/mol. The smallest absolute Gasteiger partial charge is 0.0671 e. The van der Waals surface area contributed by atoms with Gasteiger partial charge in [0.2, 0.25) is 0 Å². The summed E-state index contributed by atoms with van der Waals surface area (Å²) in [5, 5.41) is 0.834. The number of aryl methyl sites for hydroxylation is 1. The second-order valence-electron chi connectivity index (χ2n) is 3.59. The predicted octanol–water partition coefficient (Wildman–Crippen LogP) is 4.14. The summed E-state index contributed by atoms with van der Waals surface area (Å²) >= 11 is 6.24. The lowest BCUT2D eigenvalue weighted by Gasteiger charge is -2.09. The minimum Gasteiger partial charge on any atom is -0.344 e. The van der Waals surface area contributed by atoms with Crippen molar-refractivity contribution in [2.75, 3.05) is 0 Å². The highest BCUT2D eigenvalue weighted by Gasteiger charge is 2.11. The third-order valence-electron chi connectivity index (χ3n) is 2.62. The topological polar surface area (TPSA) is 4.93 Å². The molecule has 0 saturated heterocycles. The van der Waals surface area contributed by atoms with E-state index in [-0.39, 0.29) is 0 Å². The van der Waals surface area contributed by atoms with Gasteiger partial charge in [0.1, 0.15) is 0 Å². The summed E-state index contributed by atoms with van der Waals surface area (Å²) in [4.78, 5) is 0. The van der Waals surface area contributed by atoms with Gasteiger partial charge >= 0.3 is 0 Å². The van der Waals surface area contributed by atoms with Gasteiger partial charge in [0, 0.05) is 12.2 Å². The Morgan fingerprint density at radius 2 is 1.87 bits per heavy atom. The Bertz CT molecular complexity index is 457. The molecule has 2 aromatic rings. The lowest BCUT2D eigenvalue weighted by molar-refractivity contribution is 0.750. The van der Waals surface area contributed by atoms with Gasteiger partial charge in [-0.1, -0.05) is 41.9 Å². The molecule has 78 valence electrons. The van der Waals surface area contributed by atoms with Crippen LogP contribution in [0, 0.1) is 6.92 Å². The zero-order valence-electron chi connectivity index (χ0n) is 9.00. The van der Waals surface area contributed by atoms with E-state index in [9.17, 15) is 0 Å². The standard InChI is InChI=1S/C13H14ClN/c1-3-15-10(2)9-12(14)13(15)11-7-5-4-6-8-11/h4-9H,3H2,1-2H3. The van der Waals surface area contributed by atoms with E-state index in [1.807, 2.05) is 24.3 Å². The Morgan fingerprint density at radius 1 is 1.20 bits per heavy atom. The fourth-order valence-corrected chi connectivity index (χ4v) is 2.30. The van der Waals surface area contributed by atoms with E-state index in [0.717, 1.165) is 17.3 Å². The first-order valence-electron chi connectivity index (χ1n) is 5.15. The minimum absolute atomic E-state index is 0.834. The van der Waals surface area contributed by atoms with Gasteiger partial charge in [-0.3, -0.25) is 0 Å². The molecular weight excluding hydrogens is 206 g/mol. The first-order chi connectivity index (χ1) is 7.24. The van der Waals surface area contributed by atoms with Crippen LogP contribution in [0.3, 0.4) is 0 Å². The fourth-order valence-electron chi connectivity index (χ4n) is 1.93. The number of hydrogen-bond donors (Lipinski definition) is 0. The average Bonchev–Trinajstić information content (AvgIpc) is 2.54. The van der Waals surface area contributed by atoms with Gasteiger partial charge in [-0.25, -0.2) is 0 Å². The molecule has 0 saturated carbocycles. The first-order valence-corrected chi connectivity index (χ1v) is 5.53. The molecular formula is C13H14ClN. The van der Waals surface area contributed by atoms with Crippen LogP contribution in [0.2, 0.25) is 5.02 Å². The van der Waals surface area contributed by atoms with Gasteiger partial charge in [-0.05, 0) is 25.5 Å². The van der Waals surface area contributed by atoms with Gasteiger partial charge in [0.15, 0.2) is 0 Å². The molecule has 0 unspecified atom stereocenters. The SMILES string of the molecule is CCn1c(C)cc(Cl)c1-c1ccccc1. The molecule has 2 rings (SSSR count). The predicted molar refractivity (Wildman–Crippen MR) is 65.3 cm³/mol. The Balaban J connectivity index is 2.62. The summed E-state index contributed by atoms with van der Waals surface area (Å²) in [5.74, 6) is 0. The van der Waals surface area contributed by atoms with Crippen LogP contribution in [0.5, 0.6) is 0 Å². The quantitative estimate of drug-likeness (QED) is 0.716. The van der Waals surface area contributed by atoms with Crippen molar-refractivity contribution in [2.24, 2.45) is 0 Å². The van der Waals surface area contributed by atoms with Crippen LogP contribution in [0.4, 0.5) is 0 Å². The van der Waals surface area contributed by atoms with Crippen molar-refractivity contribution in [3.8, 4) is 11.3 Å². The van der Waals surface area contributed by atoms with Crippen LogP contribution in [0.1, 0.15) is 12.6 Å². The Kier molecular flexibility index (Phi) is 2.83. The van der Waals surface area contributed by atoms with E-state index < -0.39 is 0 Å². The molecule has 0 bridgehead atoms. The number of rotatable bonds is 2. The summed E-state index contributed by atoms with van der Waals surface area (Å²) in [6, 6.07) is 12.3. The maximum atomic E-state index is 6.24. The lowest BCUT2D eigenvalue weighted by atomic mass is 10.1. The summed E-state index contributed by atoms with van der Waals surface area (Å²) in [6.45, 7) is 5.17. The minimum atomic E-state index is 0.834. The van der Waals surface area contributed by atoms with Crippen molar-refractivity contribution < 1.29 is 0 Å². The van der Waals surface area contributed by atoms with E-state index in [2.05, 4.69) is 30.5 Å². The van der Waals surface area contributed by atoms with Crippen molar-refractivity contribution in [1.29, 1.82) is 0 Å². The molecule has 0 radical (unpaired) electrons. The number of nitrogens with zero attached hydrogens (tertiary/aromatic N) is 1. The molecule has 1 nitrogen and oxygen atoms in total. The molecule has 1 aromatic heterocycles. The van der Waals surface area contributed by atoms with Gasteiger partial charge in [0.25, 0.3) is 0 Å². The molecule has 15 heavy (non-hydrogen) atoms. The summed E-state index contributed by atoms with van der Waals surface area (Å²) in [7, 11) is 0. The van der Waals surface area contributed by atoms with E-state index in [0.29, 0.717) is 0 Å². The highest BCUT2D eigenvalue weighted by atomic mass is 35.5. The van der Waals surface area contributed by atoms with E-state index in [1.54, 1.807) is 0 Å². The van der Waals surface area contributed by atoms with Crippen LogP contribution < -0.4 is 0 Å². The Hall–Kier alpha value is -1.21. The van der Waals surface area contributed by atoms with E-state index in [4.69, 9.17) is 11.6 Å². The summed E-state index contributed by atoms with van der Waals surface area (Å²) in [6.07, 6.45) is 0. The summed E-state index contributed by atoms with van der Waals surface area (Å²) in [5.41, 5.74) is 3.51. The van der Waals surface area contributed by atoms with Gasteiger partial charge in [0.05, 0.1) is 10.7 Å². The maximum Gasteiger partial charge on any atom is 0.0671 e. The van der Waals surface area contributed by atoms with Crippen LogP contribution in [-0.2, 0) is 6.54 Å². The molecule has 1 aromatic carbocycles. The molecule has 0 fully saturated rings. The van der Waals surface area contributed by atoms with E-state index >= 15 is 0 Å². The number of aromatic nitrogens is 1. The molecule has 1 heterocycles. The largest absolute Gasteiger partial charge is 0.344 e. The molecule has 2 heteroatoms. The van der Waals surface area contributed by atoms with Crippen molar-refractivity contribution in [1.82, 2.24) is 4.57 Å². The van der Waals surface area contributed by atoms with Crippen LogP contribution >= 0.6 is 11.6 Å². The van der Waals surface area contributed by atoms with Gasteiger partial charge < -0.3 is 4.57 Å². The third-order valence-corrected chi connectivity index (χ3v) is 2.91. The lowest BCUT2D eigenvalue weighted by Crippen LogP contribution is -1.98. The maximum absolute atomic E-state index is 6.24. The number of halogens is 1. The zero-order chi connectivity index (χ0) is 10.8. The number of benzene rings is 1. The van der Waals surface area contributed by atoms with E-state index in [1.165, 1.54) is 11.3 Å². The zero-order valence-corrected chi connectivity index (χ0v) is 9.75. The second-order valence-corrected chi connectivity index (χ2v) is 4.00. The van der Waals surface area contributed by atoms with Crippen molar-refractivity contribution in [3.05, 3.63) is 47.1 Å². The van der Waals surface area contributed by atoms with Crippen molar-refractivity contribution in [2.45, 2.75) is 20.4 Å². The molecule has 0 aliphatic rings. The highest BCUT2D eigenvalue weighted by molar-refractivity contribution is 6.33. The summed E-state index contributed by atoms with van der Waals surface area (Å²) < 4.78 is 2.23. The number of hydrogen-bond acceptors (Lipinski definition) is 0. The van der Waals surface area contributed by atoms with Crippen molar-refractivity contribution in [3.63, 3.8) is 0 Å². The molecule has 0 aliphatic heterocycles. The fraction of sp³-hybridized carbons (Fsp3) is 0.231. The second kappa shape index (κ2) is 4.11. The van der Waals surface area contributed by atoms with Crippen LogP contribution in [-0.4, -0.2) is 4.57 Å². The molecule has 0 amide bonds. The highest BCUT2D eigenvalue weighted by Crippen LogP contribution is 2.30. The molecule has 0 N–H and O–H groups in total. The average molecular weight is 220 g/mol. The molecule has 0 aliphatic carbocycles. The molecule has 0 spiro atoms. The van der Waals surface area contributed by atoms with Crippen LogP contribution in [0.15, 0.2) is 36.4 Å². The van der Waals surface area contributed by atoms with Crippen molar-refractivity contribution >= 4 is 11.6 Å². The van der Waals surface area contributed by atoms with Gasteiger partial charge in [-0.15, -0.1) is 0 Å². The normalized spacial score (nSPS) is 10.6. The Morgan fingerprint density at radius 3 is 2.47 bits per heavy atom. The third kappa shape index (κ3) is 1.80. The van der Waals surface area contributed by atoms with Gasteiger partial charge in [-0.2, -0.15) is 0 Å².